The summed E-state index contributed by atoms with van der Waals surface area (Å²) < 4.78 is 0. The van der Waals surface area contributed by atoms with E-state index in [1.807, 2.05) is 0 Å². The van der Waals surface area contributed by atoms with Crippen LogP contribution in [-0.2, 0) is 6.42 Å². The van der Waals surface area contributed by atoms with E-state index in [-0.39, 0.29) is 0 Å². The van der Waals surface area contributed by atoms with E-state index in [0.717, 1.165) is 12.8 Å². The van der Waals surface area contributed by atoms with Crippen molar-refractivity contribution in [2.24, 2.45) is 0 Å². The number of aryl methyl sites for hydroxylation is 1. The van der Waals surface area contributed by atoms with E-state index in [1.54, 1.807) is 0 Å². The van der Waals surface area contributed by atoms with Crippen LogP contribution in [0, 0.1) is 0 Å². The van der Waals surface area contributed by atoms with Crippen LogP contribution in [-0.4, -0.2) is 0 Å². The van der Waals surface area contributed by atoms with E-state index < -0.39 is 0 Å². The Morgan fingerprint density at radius 3 is 1.63 bits per heavy atom. The molecule has 0 aromatic heterocycles. The van der Waals surface area contributed by atoms with Gasteiger partial charge in [-0.3, -0.25) is 0 Å². The lowest BCUT2D eigenvalue weighted by Crippen LogP contribution is -2.02. The zero-order valence-electron chi connectivity index (χ0n) is 21.1. The lowest BCUT2D eigenvalue weighted by atomic mass is 9.80. The highest BCUT2D eigenvalue weighted by molar-refractivity contribution is 6.24. The van der Waals surface area contributed by atoms with Crippen LogP contribution >= 0.6 is 0 Å². The summed E-state index contributed by atoms with van der Waals surface area (Å²) in [7, 11) is 0. The zero-order chi connectivity index (χ0) is 25.1. The average Bonchev–Trinajstić information content (AvgIpc) is 2.99. The Bertz CT molecular complexity index is 2020. The van der Waals surface area contributed by atoms with Gasteiger partial charge in [0, 0.05) is 0 Å². The van der Waals surface area contributed by atoms with Gasteiger partial charge in [-0.2, -0.15) is 0 Å². The summed E-state index contributed by atoms with van der Waals surface area (Å²) in [5.74, 6) is 0. The molecule has 0 spiro atoms. The first-order valence-corrected chi connectivity index (χ1v) is 13.5. The van der Waals surface area contributed by atoms with Gasteiger partial charge in [-0.15, -0.1) is 0 Å². The average molecular weight is 483 g/mol. The standard InChI is InChI=1S/C38H26/c1-3-15-27-25(12-1)14-11-23-31(27)37-32-19-7-9-21-34(32)38(35-22-10-8-20-33(35)37)36-24-26-13-2-4-16-28(26)29-17-5-6-18-30(29)36/h1-10,12-13,15-24H,11,14H2. The Balaban J connectivity index is 1.55. The monoisotopic (exact) mass is 482 g/mol. The van der Waals surface area contributed by atoms with Gasteiger partial charge in [-0.05, 0) is 95.4 Å². The summed E-state index contributed by atoms with van der Waals surface area (Å²) in [5, 5.41) is 10.5. The summed E-state index contributed by atoms with van der Waals surface area (Å²) in [6.45, 7) is 0. The lowest BCUT2D eigenvalue weighted by molar-refractivity contribution is 0.978. The lowest BCUT2D eigenvalue weighted by Gasteiger charge is -2.23. The molecule has 0 atom stereocenters. The summed E-state index contributed by atoms with van der Waals surface area (Å²) in [6, 6.07) is 47.1. The van der Waals surface area contributed by atoms with Crippen molar-refractivity contribution in [3.05, 3.63) is 150 Å². The molecule has 0 amide bonds. The van der Waals surface area contributed by atoms with Gasteiger partial charge in [0.2, 0.25) is 0 Å². The maximum Gasteiger partial charge on any atom is -0.00199 e. The molecule has 0 unspecified atom stereocenters. The van der Waals surface area contributed by atoms with Crippen molar-refractivity contribution in [3.63, 3.8) is 0 Å². The third-order valence-electron chi connectivity index (χ3n) is 8.31. The van der Waals surface area contributed by atoms with E-state index in [4.69, 9.17) is 0 Å². The second kappa shape index (κ2) is 8.43. The molecule has 1 aliphatic rings. The Labute approximate surface area is 222 Å². The summed E-state index contributed by atoms with van der Waals surface area (Å²) in [6.07, 6.45) is 4.64. The molecular formula is C38H26. The van der Waals surface area contributed by atoms with Crippen LogP contribution in [0.3, 0.4) is 0 Å². The van der Waals surface area contributed by atoms with Gasteiger partial charge in [0.15, 0.2) is 0 Å². The minimum Gasteiger partial charge on any atom is -0.0757 e. The summed E-state index contributed by atoms with van der Waals surface area (Å²) in [5.41, 5.74) is 8.18. The quantitative estimate of drug-likeness (QED) is 0.170. The van der Waals surface area contributed by atoms with Crippen molar-refractivity contribution in [1.29, 1.82) is 0 Å². The first kappa shape index (κ1) is 21.4. The van der Waals surface area contributed by atoms with Gasteiger partial charge in [-0.25, -0.2) is 0 Å². The Morgan fingerprint density at radius 1 is 0.395 bits per heavy atom. The van der Waals surface area contributed by atoms with Crippen LogP contribution in [0.5, 0.6) is 0 Å². The third kappa shape index (κ3) is 3.10. The topological polar surface area (TPSA) is 0 Å². The van der Waals surface area contributed by atoms with Crippen molar-refractivity contribution >= 4 is 48.7 Å². The van der Waals surface area contributed by atoms with E-state index in [9.17, 15) is 0 Å². The normalized spacial score (nSPS) is 13.2. The van der Waals surface area contributed by atoms with Crippen LogP contribution in [0.25, 0.3) is 59.8 Å². The fraction of sp³-hybridized carbons (Fsp3) is 0.0526. The predicted molar refractivity (Wildman–Crippen MR) is 164 cm³/mol. The first-order chi connectivity index (χ1) is 18.9. The molecular weight excluding hydrogens is 456 g/mol. The van der Waals surface area contributed by atoms with Crippen LogP contribution in [0.15, 0.2) is 133 Å². The van der Waals surface area contributed by atoms with E-state index in [0.29, 0.717) is 0 Å². The highest BCUT2D eigenvalue weighted by Gasteiger charge is 2.22. The molecule has 178 valence electrons. The fourth-order valence-corrected chi connectivity index (χ4v) is 6.69. The second-order valence-corrected chi connectivity index (χ2v) is 10.3. The molecule has 38 heavy (non-hydrogen) atoms. The van der Waals surface area contributed by atoms with Crippen molar-refractivity contribution in [2.45, 2.75) is 12.8 Å². The van der Waals surface area contributed by atoms with Crippen LogP contribution < -0.4 is 0 Å². The van der Waals surface area contributed by atoms with Gasteiger partial charge in [0.25, 0.3) is 0 Å². The summed E-state index contributed by atoms with van der Waals surface area (Å²) in [4.78, 5) is 0. The minimum absolute atomic E-state index is 1.08. The molecule has 0 aliphatic heterocycles. The SMILES string of the molecule is C1=C(c2c3ccccc3c(-c3cc4ccccc4c4ccccc34)c3ccccc23)c2ccccc2CC1. The smallest absolute Gasteiger partial charge is 0.00199 e. The van der Waals surface area contributed by atoms with Crippen LogP contribution in [0.4, 0.5) is 0 Å². The molecule has 0 saturated carbocycles. The van der Waals surface area contributed by atoms with Gasteiger partial charge < -0.3 is 0 Å². The number of allylic oxidation sites excluding steroid dienone is 1. The van der Waals surface area contributed by atoms with Gasteiger partial charge in [-0.1, -0.05) is 127 Å². The largest absolute Gasteiger partial charge is 0.0757 e. The maximum atomic E-state index is 2.46. The van der Waals surface area contributed by atoms with E-state index in [1.165, 1.54) is 76.5 Å². The van der Waals surface area contributed by atoms with Crippen molar-refractivity contribution in [3.8, 4) is 11.1 Å². The molecule has 0 N–H and O–H groups in total. The number of benzene rings is 7. The molecule has 0 heterocycles. The predicted octanol–water partition coefficient (Wildman–Crippen LogP) is 10.3. The highest BCUT2D eigenvalue weighted by atomic mass is 14.2. The highest BCUT2D eigenvalue weighted by Crippen LogP contribution is 2.47. The second-order valence-electron chi connectivity index (χ2n) is 10.3. The summed E-state index contributed by atoms with van der Waals surface area (Å²) >= 11 is 0. The maximum absolute atomic E-state index is 2.46. The molecule has 0 bridgehead atoms. The Morgan fingerprint density at radius 2 is 0.921 bits per heavy atom. The van der Waals surface area contributed by atoms with Crippen molar-refractivity contribution < 1.29 is 0 Å². The molecule has 0 fully saturated rings. The van der Waals surface area contributed by atoms with Gasteiger partial charge >= 0.3 is 0 Å². The molecule has 0 heteroatoms. The molecule has 1 aliphatic carbocycles. The van der Waals surface area contributed by atoms with E-state index in [2.05, 4.69) is 133 Å². The number of rotatable bonds is 2. The minimum atomic E-state index is 1.08. The van der Waals surface area contributed by atoms with Crippen LogP contribution in [0.2, 0.25) is 0 Å². The molecule has 0 radical (unpaired) electrons. The first-order valence-electron chi connectivity index (χ1n) is 13.5. The molecule has 7 aromatic rings. The molecule has 0 saturated heterocycles. The number of hydrogen-bond acceptors (Lipinski definition) is 0. The van der Waals surface area contributed by atoms with Gasteiger partial charge in [0.1, 0.15) is 0 Å². The Kier molecular flexibility index (Phi) is 4.75. The van der Waals surface area contributed by atoms with Gasteiger partial charge in [0.05, 0.1) is 0 Å². The van der Waals surface area contributed by atoms with E-state index >= 15 is 0 Å². The third-order valence-corrected chi connectivity index (χ3v) is 8.31. The van der Waals surface area contributed by atoms with Crippen LogP contribution in [0.1, 0.15) is 23.1 Å². The fourth-order valence-electron chi connectivity index (χ4n) is 6.69. The number of hydrogen-bond donors (Lipinski definition) is 0. The van der Waals surface area contributed by atoms with Crippen molar-refractivity contribution in [1.82, 2.24) is 0 Å². The van der Waals surface area contributed by atoms with Crippen molar-refractivity contribution in [2.75, 3.05) is 0 Å². The molecule has 7 aromatic carbocycles. The molecule has 0 nitrogen and oxygen atoms in total. The zero-order valence-corrected chi connectivity index (χ0v) is 21.1. The number of fused-ring (bicyclic) bond motifs is 6. The molecule has 8 rings (SSSR count). The Hall–Kier alpha value is -4.68.